The maximum atomic E-state index is 5.50. The third-order valence-electron chi connectivity index (χ3n) is 1.23. The summed E-state index contributed by atoms with van der Waals surface area (Å²) in [6, 6.07) is 0.301. The van der Waals surface area contributed by atoms with Crippen molar-refractivity contribution in [3.63, 3.8) is 0 Å². The zero-order chi connectivity index (χ0) is 5.28. The van der Waals surface area contributed by atoms with E-state index in [2.05, 4.69) is 0 Å². The lowest BCUT2D eigenvalue weighted by atomic mass is 10.2. The topological polar surface area (TPSA) is 35.2 Å². The van der Waals surface area contributed by atoms with Crippen LogP contribution in [0.25, 0.3) is 0 Å². The standard InChI is InChI=1S/C5H11NO/c1-4-2-5(6)3-7-4/h4-5H,2-3,6H2,1H3/t4-,5-/m0/s1. The molecule has 0 aliphatic carbocycles. The summed E-state index contributed by atoms with van der Waals surface area (Å²) in [4.78, 5) is 0. The van der Waals surface area contributed by atoms with Crippen LogP contribution in [0, 0.1) is 0 Å². The summed E-state index contributed by atoms with van der Waals surface area (Å²) in [5.41, 5.74) is 5.50. The van der Waals surface area contributed by atoms with Crippen LogP contribution in [0.2, 0.25) is 0 Å². The van der Waals surface area contributed by atoms with Gasteiger partial charge in [-0.1, -0.05) is 0 Å². The minimum absolute atomic E-state index is 0.301. The Morgan fingerprint density at radius 2 is 2.43 bits per heavy atom. The van der Waals surface area contributed by atoms with E-state index < -0.39 is 0 Å². The maximum absolute atomic E-state index is 5.50. The van der Waals surface area contributed by atoms with Gasteiger partial charge in [-0.25, -0.2) is 0 Å². The van der Waals surface area contributed by atoms with Crippen LogP contribution >= 0.6 is 0 Å². The molecule has 0 amide bonds. The van der Waals surface area contributed by atoms with Crippen LogP contribution in [0.5, 0.6) is 0 Å². The first-order chi connectivity index (χ1) is 3.29. The van der Waals surface area contributed by atoms with E-state index in [1.165, 1.54) is 0 Å². The van der Waals surface area contributed by atoms with Gasteiger partial charge in [-0.2, -0.15) is 0 Å². The van der Waals surface area contributed by atoms with Crippen LogP contribution in [-0.2, 0) is 4.74 Å². The zero-order valence-electron chi connectivity index (χ0n) is 4.55. The van der Waals surface area contributed by atoms with Crippen molar-refractivity contribution in [1.29, 1.82) is 0 Å². The molecular weight excluding hydrogens is 90.1 g/mol. The molecule has 0 aromatic heterocycles. The second kappa shape index (κ2) is 1.80. The molecule has 0 aromatic rings. The molecule has 1 rings (SSSR count). The van der Waals surface area contributed by atoms with Crippen molar-refractivity contribution in [3.05, 3.63) is 0 Å². The van der Waals surface area contributed by atoms with Gasteiger partial charge in [0.1, 0.15) is 0 Å². The molecule has 1 saturated heterocycles. The SMILES string of the molecule is C[C@H]1C[C@H](N)CO1. The first-order valence-electron chi connectivity index (χ1n) is 2.66. The zero-order valence-corrected chi connectivity index (χ0v) is 4.55. The Labute approximate surface area is 43.6 Å². The fourth-order valence-corrected chi connectivity index (χ4v) is 0.850. The molecule has 1 aliphatic heterocycles. The van der Waals surface area contributed by atoms with Gasteiger partial charge in [-0.15, -0.1) is 0 Å². The van der Waals surface area contributed by atoms with Gasteiger partial charge in [0.15, 0.2) is 0 Å². The highest BCUT2D eigenvalue weighted by Crippen LogP contribution is 2.08. The molecule has 2 atom stereocenters. The van der Waals surface area contributed by atoms with E-state index in [9.17, 15) is 0 Å². The molecule has 0 spiro atoms. The minimum atomic E-state index is 0.301. The third kappa shape index (κ3) is 1.14. The molecule has 42 valence electrons. The van der Waals surface area contributed by atoms with Crippen molar-refractivity contribution in [1.82, 2.24) is 0 Å². The highest BCUT2D eigenvalue weighted by atomic mass is 16.5. The van der Waals surface area contributed by atoms with Crippen molar-refractivity contribution in [3.8, 4) is 0 Å². The summed E-state index contributed by atoms with van der Waals surface area (Å²) in [7, 11) is 0. The van der Waals surface area contributed by atoms with E-state index in [0.717, 1.165) is 13.0 Å². The molecular formula is C5H11NO. The van der Waals surface area contributed by atoms with Gasteiger partial charge >= 0.3 is 0 Å². The van der Waals surface area contributed by atoms with Gasteiger partial charge in [-0.3, -0.25) is 0 Å². The number of hydrogen-bond acceptors (Lipinski definition) is 2. The molecule has 2 nitrogen and oxygen atoms in total. The van der Waals surface area contributed by atoms with E-state index >= 15 is 0 Å². The maximum Gasteiger partial charge on any atom is 0.0622 e. The fraction of sp³-hybridized carbons (Fsp3) is 1.00. The normalized spacial score (nSPS) is 42.0. The number of ether oxygens (including phenoxy) is 1. The second-order valence-electron chi connectivity index (χ2n) is 2.14. The van der Waals surface area contributed by atoms with Crippen molar-refractivity contribution in [2.24, 2.45) is 5.73 Å². The lowest BCUT2D eigenvalue weighted by Gasteiger charge is -1.94. The molecule has 0 unspecified atom stereocenters. The summed E-state index contributed by atoms with van der Waals surface area (Å²) in [5.74, 6) is 0. The molecule has 1 aliphatic rings. The molecule has 0 saturated carbocycles. The Morgan fingerprint density at radius 1 is 1.71 bits per heavy atom. The van der Waals surface area contributed by atoms with E-state index in [1.807, 2.05) is 6.92 Å². The molecule has 0 radical (unpaired) electrons. The van der Waals surface area contributed by atoms with E-state index in [1.54, 1.807) is 0 Å². The summed E-state index contributed by atoms with van der Waals surface area (Å²) in [6.07, 6.45) is 1.43. The largest absolute Gasteiger partial charge is 0.377 e. The Morgan fingerprint density at radius 3 is 2.57 bits per heavy atom. The summed E-state index contributed by atoms with van der Waals surface area (Å²) >= 11 is 0. The van der Waals surface area contributed by atoms with Gasteiger partial charge < -0.3 is 10.5 Å². The van der Waals surface area contributed by atoms with Crippen LogP contribution in [0.15, 0.2) is 0 Å². The predicted octanol–water partition coefficient (Wildman–Crippen LogP) is 0.122. The fourth-order valence-electron chi connectivity index (χ4n) is 0.850. The molecule has 0 bridgehead atoms. The van der Waals surface area contributed by atoms with Crippen molar-refractivity contribution in [2.75, 3.05) is 6.61 Å². The Bertz CT molecular complexity index is 57.1. The van der Waals surface area contributed by atoms with Crippen LogP contribution in [-0.4, -0.2) is 18.8 Å². The lowest BCUT2D eigenvalue weighted by molar-refractivity contribution is 0.124. The Balaban J connectivity index is 2.26. The van der Waals surface area contributed by atoms with Gasteiger partial charge in [0, 0.05) is 6.04 Å². The van der Waals surface area contributed by atoms with Gasteiger partial charge in [-0.05, 0) is 13.3 Å². The summed E-state index contributed by atoms with van der Waals surface area (Å²) < 4.78 is 5.14. The second-order valence-corrected chi connectivity index (χ2v) is 2.14. The van der Waals surface area contributed by atoms with Crippen molar-refractivity contribution in [2.45, 2.75) is 25.5 Å². The van der Waals surface area contributed by atoms with E-state index in [0.29, 0.717) is 12.1 Å². The van der Waals surface area contributed by atoms with E-state index in [-0.39, 0.29) is 0 Å². The molecule has 1 fully saturated rings. The van der Waals surface area contributed by atoms with Gasteiger partial charge in [0.2, 0.25) is 0 Å². The van der Waals surface area contributed by atoms with Crippen LogP contribution in [0.1, 0.15) is 13.3 Å². The average Bonchev–Trinajstić information content (AvgIpc) is 1.87. The van der Waals surface area contributed by atoms with Crippen molar-refractivity contribution < 1.29 is 4.74 Å². The summed E-state index contributed by atoms with van der Waals surface area (Å²) in [6.45, 7) is 2.80. The molecule has 0 aromatic carbocycles. The first-order valence-corrected chi connectivity index (χ1v) is 2.66. The quantitative estimate of drug-likeness (QED) is 0.470. The van der Waals surface area contributed by atoms with Crippen LogP contribution in [0.4, 0.5) is 0 Å². The first kappa shape index (κ1) is 5.06. The minimum Gasteiger partial charge on any atom is -0.377 e. The number of rotatable bonds is 0. The summed E-state index contributed by atoms with van der Waals surface area (Å²) in [5, 5.41) is 0. The van der Waals surface area contributed by atoms with Gasteiger partial charge in [0.05, 0.1) is 12.7 Å². The monoisotopic (exact) mass is 101 g/mol. The third-order valence-corrected chi connectivity index (χ3v) is 1.23. The number of nitrogens with two attached hydrogens (primary N) is 1. The van der Waals surface area contributed by atoms with E-state index in [4.69, 9.17) is 10.5 Å². The smallest absolute Gasteiger partial charge is 0.0622 e. The van der Waals surface area contributed by atoms with Crippen LogP contribution < -0.4 is 5.73 Å². The highest BCUT2D eigenvalue weighted by Gasteiger charge is 2.16. The molecule has 2 heteroatoms. The average molecular weight is 101 g/mol. The molecule has 1 heterocycles. The number of hydrogen-bond donors (Lipinski definition) is 1. The van der Waals surface area contributed by atoms with Crippen molar-refractivity contribution >= 4 is 0 Å². The Kier molecular flexibility index (Phi) is 1.30. The predicted molar refractivity (Wildman–Crippen MR) is 28.0 cm³/mol. The lowest BCUT2D eigenvalue weighted by Crippen LogP contribution is -2.18. The molecule has 7 heavy (non-hydrogen) atoms. The molecule has 2 N–H and O–H groups in total. The van der Waals surface area contributed by atoms with Gasteiger partial charge in [0.25, 0.3) is 0 Å². The highest BCUT2D eigenvalue weighted by molar-refractivity contribution is 4.71. The Hall–Kier alpha value is -0.0800. The van der Waals surface area contributed by atoms with Crippen LogP contribution in [0.3, 0.4) is 0 Å².